The van der Waals surface area contributed by atoms with Gasteiger partial charge in [-0.3, -0.25) is 9.59 Å². The molecule has 0 unspecified atom stereocenters. The normalized spacial score (nSPS) is 10.5. The third-order valence-electron chi connectivity index (χ3n) is 3.30. The van der Waals surface area contributed by atoms with E-state index < -0.39 is 11.9 Å². The molecule has 1 heterocycles. The average molecular weight is 320 g/mol. The first-order valence-corrected chi connectivity index (χ1v) is 7.12. The lowest BCUT2D eigenvalue weighted by molar-refractivity contribution is -0.137. The summed E-state index contributed by atoms with van der Waals surface area (Å²) in [4.78, 5) is 22.4. The maximum atomic E-state index is 12.9. The van der Waals surface area contributed by atoms with E-state index in [1.165, 1.54) is 12.1 Å². The van der Waals surface area contributed by atoms with E-state index in [0.29, 0.717) is 18.7 Å². The van der Waals surface area contributed by atoms with Gasteiger partial charge >= 0.3 is 5.97 Å². The standard InChI is InChI=1S/C15H17FN4O3/c1-10-14(15(23)17-8-2-3-13(21)22)18-19-20(10)9-11-4-6-12(16)7-5-11/h4-7H,2-3,8-9H2,1H3,(H,17,23)(H,21,22). The summed E-state index contributed by atoms with van der Waals surface area (Å²) in [5.74, 6) is -1.61. The Hall–Kier alpha value is -2.77. The molecule has 0 fully saturated rings. The first-order chi connectivity index (χ1) is 11.0. The molecule has 2 aromatic rings. The van der Waals surface area contributed by atoms with E-state index in [4.69, 9.17) is 5.11 Å². The molecule has 1 aromatic carbocycles. The van der Waals surface area contributed by atoms with Crippen LogP contribution in [0.5, 0.6) is 0 Å². The lowest BCUT2D eigenvalue weighted by Gasteiger charge is -2.05. The zero-order chi connectivity index (χ0) is 16.8. The van der Waals surface area contributed by atoms with Crippen molar-refractivity contribution in [3.05, 3.63) is 47.0 Å². The predicted octanol–water partition coefficient (Wildman–Crippen LogP) is 1.37. The molecule has 1 amide bonds. The largest absolute Gasteiger partial charge is 0.481 e. The van der Waals surface area contributed by atoms with Gasteiger partial charge in [-0.15, -0.1) is 5.10 Å². The average Bonchev–Trinajstić information content (AvgIpc) is 2.87. The van der Waals surface area contributed by atoms with E-state index in [0.717, 1.165) is 5.56 Å². The molecule has 7 nitrogen and oxygen atoms in total. The van der Waals surface area contributed by atoms with Gasteiger partial charge in [0.15, 0.2) is 5.69 Å². The minimum Gasteiger partial charge on any atom is -0.481 e. The first kappa shape index (κ1) is 16.6. The van der Waals surface area contributed by atoms with E-state index in [9.17, 15) is 14.0 Å². The van der Waals surface area contributed by atoms with Gasteiger partial charge in [0.05, 0.1) is 12.2 Å². The third-order valence-corrected chi connectivity index (χ3v) is 3.30. The van der Waals surface area contributed by atoms with E-state index >= 15 is 0 Å². The Labute approximate surface area is 132 Å². The predicted molar refractivity (Wildman–Crippen MR) is 79.5 cm³/mol. The number of rotatable bonds is 7. The van der Waals surface area contributed by atoms with Crippen LogP contribution in [0.25, 0.3) is 0 Å². The molecule has 0 spiro atoms. The Morgan fingerprint density at radius 3 is 2.65 bits per heavy atom. The second-order valence-corrected chi connectivity index (χ2v) is 5.06. The Morgan fingerprint density at radius 1 is 1.30 bits per heavy atom. The highest BCUT2D eigenvalue weighted by molar-refractivity contribution is 5.93. The van der Waals surface area contributed by atoms with Gasteiger partial charge < -0.3 is 10.4 Å². The number of aliphatic carboxylic acids is 1. The number of carbonyl (C=O) groups excluding carboxylic acids is 1. The number of carboxylic acids is 1. The fraction of sp³-hybridized carbons (Fsp3) is 0.333. The minimum absolute atomic E-state index is 0.00345. The Balaban J connectivity index is 1.96. The van der Waals surface area contributed by atoms with Gasteiger partial charge in [0.1, 0.15) is 5.82 Å². The SMILES string of the molecule is Cc1c(C(=O)NCCCC(=O)O)nnn1Cc1ccc(F)cc1. The maximum absolute atomic E-state index is 12.9. The van der Waals surface area contributed by atoms with E-state index in [1.807, 2.05) is 0 Å². The second-order valence-electron chi connectivity index (χ2n) is 5.06. The topological polar surface area (TPSA) is 97.1 Å². The third kappa shape index (κ3) is 4.60. The molecule has 0 radical (unpaired) electrons. The van der Waals surface area contributed by atoms with Crippen molar-refractivity contribution in [2.24, 2.45) is 0 Å². The Morgan fingerprint density at radius 2 is 2.00 bits per heavy atom. The summed E-state index contributed by atoms with van der Waals surface area (Å²) >= 11 is 0. The fourth-order valence-electron chi connectivity index (χ4n) is 2.01. The minimum atomic E-state index is -0.902. The molecule has 2 N–H and O–H groups in total. The van der Waals surface area contributed by atoms with Crippen LogP contribution in [0.4, 0.5) is 4.39 Å². The molecule has 0 aliphatic heterocycles. The Bertz CT molecular complexity index is 697. The van der Waals surface area contributed by atoms with Gasteiger partial charge in [-0.1, -0.05) is 17.3 Å². The number of amides is 1. The summed E-state index contributed by atoms with van der Waals surface area (Å²) in [5, 5.41) is 18.9. The summed E-state index contributed by atoms with van der Waals surface area (Å²) in [6.45, 7) is 2.36. The molecule has 0 aliphatic rings. The van der Waals surface area contributed by atoms with Crippen LogP contribution < -0.4 is 5.32 Å². The number of hydrogen-bond acceptors (Lipinski definition) is 4. The molecule has 0 saturated carbocycles. The van der Waals surface area contributed by atoms with Crippen LogP contribution in [0.15, 0.2) is 24.3 Å². The van der Waals surface area contributed by atoms with Crippen LogP contribution in [0.1, 0.15) is 34.6 Å². The van der Waals surface area contributed by atoms with Crippen molar-refractivity contribution in [1.82, 2.24) is 20.3 Å². The zero-order valence-corrected chi connectivity index (χ0v) is 12.6. The number of nitrogens with zero attached hydrogens (tertiary/aromatic N) is 3. The highest BCUT2D eigenvalue weighted by atomic mass is 19.1. The number of hydrogen-bond donors (Lipinski definition) is 2. The summed E-state index contributed by atoms with van der Waals surface area (Å²) < 4.78 is 14.4. The summed E-state index contributed by atoms with van der Waals surface area (Å²) in [6, 6.07) is 6.00. The summed E-state index contributed by atoms with van der Waals surface area (Å²) in [6.07, 6.45) is 0.348. The summed E-state index contributed by atoms with van der Waals surface area (Å²) in [7, 11) is 0. The lowest BCUT2D eigenvalue weighted by Crippen LogP contribution is -2.26. The van der Waals surface area contributed by atoms with E-state index in [-0.39, 0.29) is 24.5 Å². The molecule has 1 aromatic heterocycles. The number of carbonyl (C=O) groups is 2. The molecular formula is C15H17FN4O3. The van der Waals surface area contributed by atoms with Crippen LogP contribution in [-0.2, 0) is 11.3 Å². The van der Waals surface area contributed by atoms with E-state index in [1.54, 1.807) is 23.7 Å². The zero-order valence-electron chi connectivity index (χ0n) is 12.6. The maximum Gasteiger partial charge on any atom is 0.303 e. The van der Waals surface area contributed by atoms with Gasteiger partial charge in [-0.2, -0.15) is 0 Å². The Kier molecular flexibility index (Phi) is 5.40. The van der Waals surface area contributed by atoms with E-state index in [2.05, 4.69) is 15.6 Å². The van der Waals surface area contributed by atoms with Gasteiger partial charge in [0.25, 0.3) is 5.91 Å². The highest BCUT2D eigenvalue weighted by Crippen LogP contribution is 2.09. The smallest absolute Gasteiger partial charge is 0.303 e. The molecule has 0 atom stereocenters. The molecular weight excluding hydrogens is 303 g/mol. The van der Waals surface area contributed by atoms with Crippen LogP contribution in [0.2, 0.25) is 0 Å². The molecule has 8 heteroatoms. The van der Waals surface area contributed by atoms with Crippen LogP contribution in [0.3, 0.4) is 0 Å². The number of aromatic nitrogens is 3. The lowest BCUT2D eigenvalue weighted by atomic mass is 10.2. The van der Waals surface area contributed by atoms with Gasteiger partial charge in [0, 0.05) is 13.0 Å². The molecule has 0 aliphatic carbocycles. The summed E-state index contributed by atoms with van der Waals surface area (Å²) in [5.41, 5.74) is 1.63. The molecule has 0 bridgehead atoms. The van der Waals surface area contributed by atoms with Gasteiger partial charge in [-0.05, 0) is 31.0 Å². The molecule has 23 heavy (non-hydrogen) atoms. The van der Waals surface area contributed by atoms with Crippen molar-refractivity contribution in [3.8, 4) is 0 Å². The number of halogens is 1. The van der Waals surface area contributed by atoms with Crippen LogP contribution in [-0.4, -0.2) is 38.5 Å². The quantitative estimate of drug-likeness (QED) is 0.751. The highest BCUT2D eigenvalue weighted by Gasteiger charge is 2.16. The van der Waals surface area contributed by atoms with Crippen molar-refractivity contribution in [1.29, 1.82) is 0 Å². The van der Waals surface area contributed by atoms with Crippen LogP contribution >= 0.6 is 0 Å². The monoisotopic (exact) mass is 320 g/mol. The van der Waals surface area contributed by atoms with Crippen molar-refractivity contribution in [3.63, 3.8) is 0 Å². The first-order valence-electron chi connectivity index (χ1n) is 7.12. The fourth-order valence-corrected chi connectivity index (χ4v) is 2.01. The van der Waals surface area contributed by atoms with Crippen molar-refractivity contribution in [2.75, 3.05) is 6.54 Å². The number of benzene rings is 1. The number of carboxylic acid groups (broad SMARTS) is 1. The van der Waals surface area contributed by atoms with Crippen molar-refractivity contribution >= 4 is 11.9 Å². The van der Waals surface area contributed by atoms with Gasteiger partial charge in [-0.25, -0.2) is 9.07 Å². The number of nitrogens with one attached hydrogen (secondary N) is 1. The van der Waals surface area contributed by atoms with Crippen LogP contribution in [0, 0.1) is 12.7 Å². The van der Waals surface area contributed by atoms with Gasteiger partial charge in [0.2, 0.25) is 0 Å². The molecule has 0 saturated heterocycles. The van der Waals surface area contributed by atoms with Crippen molar-refractivity contribution in [2.45, 2.75) is 26.3 Å². The molecule has 2 rings (SSSR count). The molecule has 122 valence electrons. The van der Waals surface area contributed by atoms with Crippen molar-refractivity contribution < 1.29 is 19.1 Å². The second kappa shape index (κ2) is 7.48.